The van der Waals surface area contributed by atoms with Gasteiger partial charge in [0.1, 0.15) is 6.61 Å². The van der Waals surface area contributed by atoms with Crippen LogP contribution in [-0.4, -0.2) is 111 Å². The summed E-state index contributed by atoms with van der Waals surface area (Å²) in [5.74, 6) is -4.18. The summed E-state index contributed by atoms with van der Waals surface area (Å²) >= 11 is 1.79. The van der Waals surface area contributed by atoms with Crippen molar-refractivity contribution in [3.05, 3.63) is 53.6 Å². The van der Waals surface area contributed by atoms with E-state index >= 15 is 0 Å². The van der Waals surface area contributed by atoms with Crippen molar-refractivity contribution in [2.75, 3.05) is 43.4 Å². The lowest BCUT2D eigenvalue weighted by Crippen LogP contribution is -2.54. The van der Waals surface area contributed by atoms with Gasteiger partial charge in [-0.15, -0.1) is 11.8 Å². The summed E-state index contributed by atoms with van der Waals surface area (Å²) in [5, 5.41) is 12.6. The number of methoxy groups -OCH3 is 1. The summed E-state index contributed by atoms with van der Waals surface area (Å²) in [4.78, 5) is 89.8. The van der Waals surface area contributed by atoms with E-state index in [1.807, 2.05) is 38.9 Å². The highest BCUT2D eigenvalue weighted by molar-refractivity contribution is 7.99. The molecule has 64 heavy (non-hydrogen) atoms. The average molecular weight is 917 g/mol. The van der Waals surface area contributed by atoms with Gasteiger partial charge in [0, 0.05) is 76.4 Å². The van der Waals surface area contributed by atoms with Gasteiger partial charge in [-0.1, -0.05) is 65.5 Å². The molecule has 1 N–H and O–H groups in total. The number of esters is 5. The predicted octanol–water partition coefficient (Wildman–Crippen LogP) is 7.33. The number of cyclic esters (lactones) is 1. The second kappa shape index (κ2) is 26.6. The Morgan fingerprint density at radius 1 is 0.859 bits per heavy atom. The van der Waals surface area contributed by atoms with Gasteiger partial charge in [-0.2, -0.15) is 0 Å². The van der Waals surface area contributed by atoms with E-state index in [-0.39, 0.29) is 23.0 Å². The van der Waals surface area contributed by atoms with Gasteiger partial charge < -0.3 is 38.4 Å². The van der Waals surface area contributed by atoms with Crippen LogP contribution >= 0.6 is 11.8 Å². The Hall–Kier alpha value is -5.16. The molecule has 0 saturated carbocycles. The van der Waals surface area contributed by atoms with Gasteiger partial charge in [-0.25, -0.2) is 9.69 Å². The first-order valence-electron chi connectivity index (χ1n) is 21.7. The number of hydrogen-bond donors (Lipinski definition) is 1. The first-order chi connectivity index (χ1) is 30.3. The molecule has 2 aromatic rings. The Bertz CT molecular complexity index is 1900. The molecule has 0 aromatic heterocycles. The van der Waals surface area contributed by atoms with Crippen molar-refractivity contribution in [3.63, 3.8) is 0 Å². The number of benzene rings is 2. The largest absolute Gasteiger partial charge is 0.469 e. The molecular weight excluding hydrogens is 849 g/mol. The fourth-order valence-electron chi connectivity index (χ4n) is 7.58. The molecule has 0 bridgehead atoms. The van der Waals surface area contributed by atoms with Crippen LogP contribution < -0.4 is 9.80 Å². The summed E-state index contributed by atoms with van der Waals surface area (Å²) in [6.45, 7) is 13.3. The molecule has 2 heterocycles. The normalized spacial score (nSPS) is 18.7. The molecule has 2 aliphatic rings. The van der Waals surface area contributed by atoms with Gasteiger partial charge in [0.05, 0.1) is 18.9 Å². The molecule has 0 aliphatic carbocycles. The van der Waals surface area contributed by atoms with Gasteiger partial charge in [-0.3, -0.25) is 28.8 Å². The summed E-state index contributed by atoms with van der Waals surface area (Å²) in [7, 11) is 5.30. The Kier molecular flexibility index (Phi) is 22.8. The zero-order chi connectivity index (χ0) is 48.3. The van der Waals surface area contributed by atoms with Crippen LogP contribution in [0.15, 0.2) is 47.4 Å². The summed E-state index contributed by atoms with van der Waals surface area (Å²) in [6.07, 6.45) is -2.56. The van der Waals surface area contributed by atoms with E-state index in [2.05, 4.69) is 36.8 Å². The minimum Gasteiger partial charge on any atom is -0.469 e. The number of rotatable bonds is 18. The second-order valence-electron chi connectivity index (χ2n) is 15.7. The number of ether oxygens (including phenoxy) is 6. The molecular formula is C47H68N2O14S. The van der Waals surface area contributed by atoms with Crippen molar-refractivity contribution >= 4 is 65.0 Å². The quantitative estimate of drug-likeness (QED) is 0.115. The molecule has 356 valence electrons. The lowest BCUT2D eigenvalue weighted by molar-refractivity contribution is -0.196. The molecule has 1 unspecified atom stereocenters. The Morgan fingerprint density at radius 3 is 1.97 bits per heavy atom. The number of hydrogen-bond acceptors (Lipinski definition) is 16. The van der Waals surface area contributed by atoms with E-state index in [0.717, 1.165) is 98.6 Å². The molecule has 2 aliphatic heterocycles. The smallest absolute Gasteiger partial charge is 0.422 e. The number of aliphatic hydroxyl groups is 1. The van der Waals surface area contributed by atoms with Crippen LogP contribution in [0.4, 0.5) is 16.2 Å². The van der Waals surface area contributed by atoms with Crippen molar-refractivity contribution in [3.8, 4) is 0 Å². The van der Waals surface area contributed by atoms with Gasteiger partial charge >= 0.3 is 35.9 Å². The summed E-state index contributed by atoms with van der Waals surface area (Å²) < 4.78 is 30.8. The molecule has 6 atom stereocenters. The van der Waals surface area contributed by atoms with E-state index in [9.17, 15) is 38.7 Å². The second-order valence-corrected chi connectivity index (χ2v) is 16.7. The zero-order valence-electron chi connectivity index (χ0n) is 39.4. The molecule has 0 radical (unpaired) electrons. The number of carbonyl (C=O) groups excluding carboxylic acids is 7. The third-order valence-electron chi connectivity index (χ3n) is 10.6. The van der Waals surface area contributed by atoms with Crippen molar-refractivity contribution in [1.82, 2.24) is 0 Å². The predicted molar refractivity (Wildman–Crippen MR) is 242 cm³/mol. The van der Waals surface area contributed by atoms with E-state index in [1.165, 1.54) is 14.0 Å². The highest BCUT2D eigenvalue weighted by atomic mass is 32.2. The van der Waals surface area contributed by atoms with Crippen LogP contribution in [0.5, 0.6) is 0 Å². The maximum atomic E-state index is 14.2. The van der Waals surface area contributed by atoms with Gasteiger partial charge in [0.25, 0.3) is 5.91 Å². The highest BCUT2D eigenvalue weighted by Crippen LogP contribution is 2.51. The summed E-state index contributed by atoms with van der Waals surface area (Å²) in [5.41, 5.74) is 2.62. The van der Waals surface area contributed by atoms with E-state index < -0.39 is 73.0 Å². The van der Waals surface area contributed by atoms with Crippen molar-refractivity contribution in [2.45, 2.75) is 149 Å². The van der Waals surface area contributed by atoms with Crippen molar-refractivity contribution in [1.29, 1.82) is 0 Å². The van der Waals surface area contributed by atoms with Crippen LogP contribution in [0.25, 0.3) is 0 Å². The Labute approximate surface area is 382 Å². The fourth-order valence-corrected chi connectivity index (χ4v) is 9.02. The van der Waals surface area contributed by atoms with Crippen LogP contribution in [0.2, 0.25) is 0 Å². The number of nitrogens with zero attached hydrogens (tertiary/aromatic N) is 2. The molecule has 1 saturated heterocycles. The monoisotopic (exact) mass is 916 g/mol. The molecule has 1 fully saturated rings. The van der Waals surface area contributed by atoms with E-state index in [0.29, 0.717) is 6.42 Å². The van der Waals surface area contributed by atoms with Crippen molar-refractivity contribution in [2.24, 2.45) is 5.41 Å². The number of thioether (sulfide) groups is 1. The number of carbonyl (C=O) groups is 7. The van der Waals surface area contributed by atoms with Crippen LogP contribution in [0, 0.1) is 5.41 Å². The third kappa shape index (κ3) is 15.5. The van der Waals surface area contributed by atoms with Crippen molar-refractivity contribution < 1.29 is 67.1 Å². The number of aliphatic hydroxyl groups excluding tert-OH is 1. The molecule has 0 spiro atoms. The van der Waals surface area contributed by atoms with Gasteiger partial charge in [-0.05, 0) is 60.7 Å². The minimum absolute atomic E-state index is 0.162. The van der Waals surface area contributed by atoms with Gasteiger partial charge in [0.15, 0.2) is 18.3 Å². The SMILES string of the molecule is CC.CCCCC1(CCCC)CSc2ccc(N(C)C)cc2[C@@H](Cc2cccc(N3C(=O)O[C@H]([C@@H](OC(C)=O)[C@H](OC(C)=O)C(COC(C)=O)OC(C)=O)C3=O)c2)[C@H]1O.COC(C)=O. The minimum atomic E-state index is -1.85. The maximum Gasteiger partial charge on any atom is 0.422 e. The number of amides is 2. The van der Waals surface area contributed by atoms with E-state index in [4.69, 9.17) is 23.7 Å². The maximum absolute atomic E-state index is 14.2. The van der Waals surface area contributed by atoms with E-state index in [1.54, 1.807) is 30.0 Å². The first kappa shape index (κ1) is 55.0. The summed E-state index contributed by atoms with van der Waals surface area (Å²) in [6, 6.07) is 13.2. The molecule has 17 heteroatoms. The number of anilines is 2. The Morgan fingerprint density at radius 2 is 1.45 bits per heavy atom. The van der Waals surface area contributed by atoms with Gasteiger partial charge in [0.2, 0.25) is 6.10 Å². The molecule has 4 rings (SSSR count). The Balaban J connectivity index is 0.00000188. The number of unbranched alkanes of at least 4 members (excludes halogenated alkanes) is 2. The molecule has 16 nitrogen and oxygen atoms in total. The van der Waals surface area contributed by atoms with Crippen LogP contribution in [-0.2, 0) is 63.6 Å². The fraction of sp³-hybridized carbons (Fsp3) is 0.596. The topological polar surface area (TPSA) is 202 Å². The highest BCUT2D eigenvalue weighted by Gasteiger charge is 2.54. The average Bonchev–Trinajstić information content (AvgIpc) is 3.49. The zero-order valence-corrected chi connectivity index (χ0v) is 40.2. The standard InChI is InChI=1S/C42H56N2O12S.C3H6O2.C2H6/c1-9-11-18-42(19-12-10-2)24-57-35-17-16-30(43(7)8)22-32(35)33(39(42)49)21-29-14-13-15-31(20-29)44-40(50)38(56-41(44)51)37(55-28(6)48)36(54-27(5)47)34(53-26(4)46)23-52-25(3)45;1-3(4)5-2;1-2/h13-17,20,22,33-34,36-39,49H,9-12,18-19,21,23-24H2,1-8H3;1-2H3;1-2H3/t33-,34?,36-,37+,38-,39-;;/m1../s1. The third-order valence-corrected chi connectivity index (χ3v) is 12.0. The number of fused-ring (bicyclic) bond motifs is 1. The number of imide groups is 1. The lowest BCUT2D eigenvalue weighted by atomic mass is 9.68. The van der Waals surface area contributed by atoms with Crippen LogP contribution in [0.1, 0.15) is 118 Å². The molecule has 2 aromatic carbocycles. The first-order valence-corrected chi connectivity index (χ1v) is 22.7. The van der Waals surface area contributed by atoms with Crippen LogP contribution in [0.3, 0.4) is 0 Å². The lowest BCUT2D eigenvalue weighted by Gasteiger charge is -2.40. The molecule has 2 amide bonds.